The van der Waals surface area contributed by atoms with Gasteiger partial charge >= 0.3 is 6.09 Å². The Morgan fingerprint density at radius 1 is 1.80 bits per heavy atom. The van der Waals surface area contributed by atoms with E-state index in [0.717, 1.165) is 19.4 Å². The van der Waals surface area contributed by atoms with Crippen molar-refractivity contribution >= 4 is 6.09 Å². The second-order valence-electron chi connectivity index (χ2n) is 2.46. The molecule has 0 aromatic carbocycles. The Bertz CT molecular complexity index is 136. The van der Waals surface area contributed by atoms with Crippen LogP contribution in [0, 0.1) is 6.92 Å². The Hall–Kier alpha value is -0.730. The van der Waals surface area contributed by atoms with Crippen molar-refractivity contribution in [2.24, 2.45) is 0 Å². The number of methoxy groups -OCH3 is 1. The zero-order chi connectivity index (χ0) is 7.56. The van der Waals surface area contributed by atoms with E-state index in [9.17, 15) is 4.79 Å². The topological polar surface area (TPSA) is 29.5 Å². The predicted molar refractivity (Wildman–Crippen MR) is 37.5 cm³/mol. The molecule has 0 aliphatic carbocycles. The summed E-state index contributed by atoms with van der Waals surface area (Å²) < 4.78 is 4.55. The van der Waals surface area contributed by atoms with E-state index in [1.165, 1.54) is 7.11 Å². The molecule has 0 N–H and O–H groups in total. The summed E-state index contributed by atoms with van der Waals surface area (Å²) in [6, 6.07) is 0.118. The number of nitrogens with zero attached hydrogens (tertiary/aromatic N) is 1. The van der Waals surface area contributed by atoms with E-state index in [4.69, 9.17) is 0 Å². The first-order valence-corrected chi connectivity index (χ1v) is 3.43. The summed E-state index contributed by atoms with van der Waals surface area (Å²) in [5, 5.41) is 0. The van der Waals surface area contributed by atoms with Gasteiger partial charge in [0.15, 0.2) is 0 Å². The van der Waals surface area contributed by atoms with Crippen LogP contribution in [0.15, 0.2) is 0 Å². The summed E-state index contributed by atoms with van der Waals surface area (Å²) in [5.74, 6) is 0. The van der Waals surface area contributed by atoms with E-state index in [1.54, 1.807) is 4.90 Å². The Labute approximate surface area is 61.0 Å². The van der Waals surface area contributed by atoms with Crippen molar-refractivity contribution in [3.63, 3.8) is 0 Å². The normalized spacial score (nSPS) is 25.0. The minimum Gasteiger partial charge on any atom is -0.453 e. The summed E-state index contributed by atoms with van der Waals surface area (Å²) in [6.07, 6.45) is 1.79. The molecule has 3 nitrogen and oxygen atoms in total. The summed E-state index contributed by atoms with van der Waals surface area (Å²) in [4.78, 5) is 12.5. The maximum absolute atomic E-state index is 10.9. The second kappa shape index (κ2) is 2.90. The van der Waals surface area contributed by atoms with Crippen LogP contribution in [-0.2, 0) is 4.74 Å². The Kier molecular flexibility index (Phi) is 2.14. The van der Waals surface area contributed by atoms with Crippen molar-refractivity contribution in [2.75, 3.05) is 13.7 Å². The van der Waals surface area contributed by atoms with Gasteiger partial charge in [0.1, 0.15) is 0 Å². The second-order valence-corrected chi connectivity index (χ2v) is 2.46. The van der Waals surface area contributed by atoms with Gasteiger partial charge in [-0.25, -0.2) is 4.79 Å². The zero-order valence-electron chi connectivity index (χ0n) is 6.17. The van der Waals surface area contributed by atoms with Crippen molar-refractivity contribution in [1.29, 1.82) is 0 Å². The third kappa shape index (κ3) is 1.23. The molecule has 1 heterocycles. The monoisotopic (exact) mass is 142 g/mol. The number of hydrogen-bond donors (Lipinski definition) is 0. The van der Waals surface area contributed by atoms with Crippen molar-refractivity contribution in [2.45, 2.75) is 18.9 Å². The number of amides is 1. The molecule has 0 bridgehead atoms. The molecule has 0 saturated carbocycles. The van der Waals surface area contributed by atoms with E-state index in [1.807, 2.05) is 0 Å². The third-order valence-electron chi connectivity index (χ3n) is 1.79. The van der Waals surface area contributed by atoms with E-state index in [2.05, 4.69) is 11.7 Å². The lowest BCUT2D eigenvalue weighted by molar-refractivity contribution is 0.125. The van der Waals surface area contributed by atoms with Gasteiger partial charge in [0.2, 0.25) is 0 Å². The number of ether oxygens (including phenoxy) is 1. The van der Waals surface area contributed by atoms with E-state index in [-0.39, 0.29) is 12.1 Å². The number of carbonyl (C=O) groups excluding carboxylic acids is 1. The molecule has 1 unspecified atom stereocenters. The highest BCUT2D eigenvalue weighted by Gasteiger charge is 2.25. The van der Waals surface area contributed by atoms with Crippen LogP contribution in [0.2, 0.25) is 0 Å². The molecule has 0 spiro atoms. The van der Waals surface area contributed by atoms with Crippen molar-refractivity contribution in [1.82, 2.24) is 4.90 Å². The fraction of sp³-hybridized carbons (Fsp3) is 0.714. The summed E-state index contributed by atoms with van der Waals surface area (Å²) >= 11 is 0. The first-order chi connectivity index (χ1) is 4.75. The van der Waals surface area contributed by atoms with Crippen molar-refractivity contribution in [3.8, 4) is 0 Å². The molecule has 1 fully saturated rings. The highest BCUT2D eigenvalue weighted by molar-refractivity contribution is 5.68. The van der Waals surface area contributed by atoms with Crippen molar-refractivity contribution in [3.05, 3.63) is 6.92 Å². The first-order valence-electron chi connectivity index (χ1n) is 3.43. The summed E-state index contributed by atoms with van der Waals surface area (Å²) in [7, 11) is 1.40. The van der Waals surface area contributed by atoms with Gasteiger partial charge in [-0.1, -0.05) is 0 Å². The van der Waals surface area contributed by atoms with Crippen LogP contribution in [0.5, 0.6) is 0 Å². The maximum Gasteiger partial charge on any atom is 0.409 e. The highest BCUT2D eigenvalue weighted by Crippen LogP contribution is 2.16. The Morgan fingerprint density at radius 2 is 2.50 bits per heavy atom. The quantitative estimate of drug-likeness (QED) is 0.506. The molecule has 1 amide bonds. The smallest absolute Gasteiger partial charge is 0.409 e. The summed E-state index contributed by atoms with van der Waals surface area (Å²) in [6.45, 7) is 4.61. The Morgan fingerprint density at radius 3 is 2.90 bits per heavy atom. The number of carbonyl (C=O) groups is 1. The molecule has 1 saturated heterocycles. The average Bonchev–Trinajstić information content (AvgIpc) is 2.34. The van der Waals surface area contributed by atoms with Gasteiger partial charge in [-0.05, 0) is 19.8 Å². The predicted octanol–water partition coefficient (Wildman–Crippen LogP) is 1.05. The molecule has 1 aliphatic heterocycles. The van der Waals surface area contributed by atoms with Gasteiger partial charge in [0, 0.05) is 12.6 Å². The molecular weight excluding hydrogens is 130 g/mol. The molecule has 1 aliphatic rings. The fourth-order valence-electron chi connectivity index (χ4n) is 1.19. The Balaban J connectivity index is 2.46. The third-order valence-corrected chi connectivity index (χ3v) is 1.79. The largest absolute Gasteiger partial charge is 0.453 e. The van der Waals surface area contributed by atoms with Gasteiger partial charge in [-0.15, -0.1) is 0 Å². The number of hydrogen-bond acceptors (Lipinski definition) is 2. The van der Waals surface area contributed by atoms with Crippen LogP contribution >= 0.6 is 0 Å². The fourth-order valence-corrected chi connectivity index (χ4v) is 1.19. The standard InChI is InChI=1S/C7H12NO2/c1-6-4-3-5-8(6)7(9)10-2/h6H,1,3-5H2,2H3. The van der Waals surface area contributed by atoms with Crippen LogP contribution in [0.3, 0.4) is 0 Å². The molecule has 3 heteroatoms. The van der Waals surface area contributed by atoms with Gasteiger partial charge in [-0.3, -0.25) is 0 Å². The summed E-state index contributed by atoms with van der Waals surface area (Å²) in [5.41, 5.74) is 0. The molecule has 57 valence electrons. The van der Waals surface area contributed by atoms with Crippen LogP contribution in [0.1, 0.15) is 12.8 Å². The van der Waals surface area contributed by atoms with Gasteiger partial charge in [-0.2, -0.15) is 0 Å². The zero-order valence-corrected chi connectivity index (χ0v) is 6.17. The van der Waals surface area contributed by atoms with Crippen LogP contribution in [0.25, 0.3) is 0 Å². The molecule has 10 heavy (non-hydrogen) atoms. The molecule has 1 atom stereocenters. The lowest BCUT2D eigenvalue weighted by atomic mass is 10.2. The van der Waals surface area contributed by atoms with Gasteiger partial charge in [0.25, 0.3) is 0 Å². The molecule has 0 aromatic heterocycles. The number of likely N-dealkylation sites (tertiary alicyclic amines) is 1. The van der Waals surface area contributed by atoms with E-state index < -0.39 is 0 Å². The van der Waals surface area contributed by atoms with Gasteiger partial charge < -0.3 is 9.64 Å². The first kappa shape index (κ1) is 7.38. The van der Waals surface area contributed by atoms with Crippen LogP contribution < -0.4 is 0 Å². The lowest BCUT2D eigenvalue weighted by Gasteiger charge is -2.18. The molecule has 0 aromatic rings. The minimum absolute atomic E-state index is 0.118. The van der Waals surface area contributed by atoms with Crippen molar-refractivity contribution < 1.29 is 9.53 Å². The maximum atomic E-state index is 10.9. The van der Waals surface area contributed by atoms with E-state index in [0.29, 0.717) is 0 Å². The molecule has 1 rings (SSSR count). The van der Waals surface area contributed by atoms with Gasteiger partial charge in [0.05, 0.1) is 7.11 Å². The molecule has 1 radical (unpaired) electrons. The number of rotatable bonds is 0. The highest BCUT2D eigenvalue weighted by atomic mass is 16.5. The SMILES string of the molecule is [CH2]C1CCCN1C(=O)OC. The lowest BCUT2D eigenvalue weighted by Crippen LogP contribution is -2.33. The van der Waals surface area contributed by atoms with Crippen LogP contribution in [-0.4, -0.2) is 30.7 Å². The van der Waals surface area contributed by atoms with E-state index >= 15 is 0 Å². The average molecular weight is 142 g/mol. The van der Waals surface area contributed by atoms with Crippen LogP contribution in [0.4, 0.5) is 4.79 Å². The molecular formula is C7H12NO2. The minimum atomic E-state index is -0.252.